The van der Waals surface area contributed by atoms with Crippen LogP contribution in [0, 0.1) is 13.1 Å². The molecule has 2 saturated heterocycles. The lowest BCUT2D eigenvalue weighted by Gasteiger charge is -2.36. The Morgan fingerprint density at radius 3 is 1.62 bits per heavy atom. The molecule has 64 heavy (non-hydrogen) atoms. The fourth-order valence-corrected chi connectivity index (χ4v) is 7.85. The second kappa shape index (κ2) is 22.0. The van der Waals surface area contributed by atoms with Gasteiger partial charge in [0.05, 0.1) is 60.4 Å². The van der Waals surface area contributed by atoms with Crippen molar-refractivity contribution in [3.63, 3.8) is 0 Å². The molecule has 4 atom stereocenters. The topological polar surface area (TPSA) is 115 Å². The Morgan fingerprint density at radius 1 is 0.766 bits per heavy atom. The lowest BCUT2D eigenvalue weighted by molar-refractivity contribution is 0.0465. The molecule has 1 amide bonds. The number of alkyl halides is 2. The lowest BCUT2D eigenvalue weighted by atomic mass is 10.0. The van der Waals surface area contributed by atoms with Crippen molar-refractivity contribution in [3.05, 3.63) is 129 Å². The molecule has 8 rings (SSSR count). The van der Waals surface area contributed by atoms with Crippen LogP contribution in [0.3, 0.4) is 0 Å². The molecule has 6 aromatic rings. The van der Waals surface area contributed by atoms with Crippen LogP contribution >= 0.6 is 48.0 Å². The standard InChI is InChI=1S/C25H27ClFN5O2.C20H19ClFN5.CH4.2ClH/c1-25(2,3)34-24(33)30-21-15-31(12-11-19(21)27)23-29-20-10-7-17(26)13-22(20)32(23)14-16-5-8-18(28-4)9-6-16;1-24-15-5-2-13(3-6-15)11-27-19-10-14(21)4-7-18(19)25-20(27)26-9-8-16(22)17(23)12-26;;;/h5-10,13,19,21H,11-12,14-15H2,1-3H3,(H,30,33);2-7,10,16-17H,8-9,11-12,23H2;1H4;2*1H/t19-,21-;16-,17-;;;/m11.../s1. The molecule has 4 heterocycles. The number of halogens is 6. The number of nitrogens with zero attached hydrogens (tertiary/aromatic N) is 8. The highest BCUT2D eigenvalue weighted by atomic mass is 35.5. The largest absolute Gasteiger partial charge is 0.444 e. The Balaban J connectivity index is 0.000000274. The van der Waals surface area contributed by atoms with Gasteiger partial charge in [-0.05, 0) is 81.1 Å². The number of ether oxygens (including phenoxy) is 1. The number of carbonyl (C=O) groups is 1. The zero-order chi connectivity index (χ0) is 43.4. The third kappa shape index (κ3) is 12.3. The SMILES string of the molecule is C.Cl.Cl.[C-]#[N+]c1ccc(Cn2c(N3CC[C@@H](F)[C@H](N)C3)nc3ccc(Cl)cc32)cc1.[C-]#[N+]c1ccc(Cn2c(N3CC[C@@H](F)[C@H](NC(=O)OC(C)(C)C)C3)nc3ccc(Cl)cc32)cc1. The molecular formula is C46H52Cl4F2N10O2. The van der Waals surface area contributed by atoms with Gasteiger partial charge in [0.2, 0.25) is 11.9 Å². The Kier molecular flexibility index (Phi) is 17.7. The number of carbonyl (C=O) groups excluding carboxylic acids is 1. The molecule has 3 N–H and O–H groups in total. The normalized spacial score (nSPS) is 18.3. The van der Waals surface area contributed by atoms with Crippen LogP contribution in [-0.4, -0.2) is 81.4 Å². The molecule has 2 aliphatic heterocycles. The van der Waals surface area contributed by atoms with Gasteiger partial charge in [0, 0.05) is 36.2 Å². The number of rotatable bonds is 7. The Morgan fingerprint density at radius 2 is 1.20 bits per heavy atom. The summed E-state index contributed by atoms with van der Waals surface area (Å²) >= 11 is 12.5. The number of nitrogens with two attached hydrogens (primary N) is 1. The van der Waals surface area contributed by atoms with E-state index in [-0.39, 0.29) is 45.2 Å². The van der Waals surface area contributed by atoms with E-state index in [4.69, 9.17) is 56.8 Å². The Labute approximate surface area is 395 Å². The minimum atomic E-state index is -1.18. The monoisotopic (exact) mass is 954 g/mol. The lowest BCUT2D eigenvalue weighted by Crippen LogP contribution is -2.55. The zero-order valence-corrected chi connectivity index (χ0v) is 38.0. The fraction of sp³-hybridized carbons (Fsp3) is 0.370. The summed E-state index contributed by atoms with van der Waals surface area (Å²) in [5, 5.41) is 3.92. The van der Waals surface area contributed by atoms with Crippen molar-refractivity contribution in [3.8, 4) is 0 Å². The number of amides is 1. The number of aromatic nitrogens is 4. The van der Waals surface area contributed by atoms with Crippen molar-refractivity contribution in [1.82, 2.24) is 24.4 Å². The average Bonchev–Trinajstić information content (AvgIpc) is 3.76. The summed E-state index contributed by atoms with van der Waals surface area (Å²) in [6.07, 6.45) is -2.15. The van der Waals surface area contributed by atoms with Crippen LogP contribution in [0.4, 0.5) is 36.8 Å². The van der Waals surface area contributed by atoms with Crippen molar-refractivity contribution >= 4 is 99.4 Å². The summed E-state index contributed by atoms with van der Waals surface area (Å²) in [5.41, 5.74) is 11.9. The van der Waals surface area contributed by atoms with Gasteiger partial charge in [-0.3, -0.25) is 0 Å². The van der Waals surface area contributed by atoms with E-state index in [0.717, 1.165) is 39.1 Å². The van der Waals surface area contributed by atoms with E-state index in [0.29, 0.717) is 66.5 Å². The number of hydrogen-bond donors (Lipinski definition) is 2. The third-order valence-electron chi connectivity index (χ3n) is 10.6. The number of nitrogens with one attached hydrogen (secondary N) is 1. The Bertz CT molecular complexity index is 2610. The number of benzene rings is 4. The first-order valence-electron chi connectivity index (χ1n) is 20.0. The molecule has 2 fully saturated rings. The number of hydrogen-bond acceptors (Lipinski definition) is 7. The molecule has 340 valence electrons. The van der Waals surface area contributed by atoms with E-state index in [9.17, 15) is 13.6 Å². The van der Waals surface area contributed by atoms with Crippen LogP contribution in [0.15, 0.2) is 84.9 Å². The zero-order valence-electron chi connectivity index (χ0n) is 34.8. The minimum Gasteiger partial charge on any atom is -0.444 e. The van der Waals surface area contributed by atoms with Gasteiger partial charge >= 0.3 is 6.09 Å². The maximum absolute atomic E-state index is 14.7. The maximum Gasteiger partial charge on any atom is 0.408 e. The van der Waals surface area contributed by atoms with E-state index in [1.807, 2.05) is 69.0 Å². The van der Waals surface area contributed by atoms with Gasteiger partial charge < -0.3 is 34.7 Å². The summed E-state index contributed by atoms with van der Waals surface area (Å²) in [5.74, 6) is 1.44. The summed E-state index contributed by atoms with van der Waals surface area (Å²) in [4.78, 5) is 32.8. The van der Waals surface area contributed by atoms with Gasteiger partial charge in [0.25, 0.3) is 0 Å². The molecule has 4 aromatic carbocycles. The molecule has 12 nitrogen and oxygen atoms in total. The summed E-state index contributed by atoms with van der Waals surface area (Å²) in [7, 11) is 0. The van der Waals surface area contributed by atoms with E-state index in [2.05, 4.69) is 19.6 Å². The van der Waals surface area contributed by atoms with Crippen LogP contribution in [0.1, 0.15) is 52.2 Å². The molecule has 2 aliphatic rings. The van der Waals surface area contributed by atoms with Crippen LogP contribution in [-0.2, 0) is 17.8 Å². The molecule has 0 spiro atoms. The van der Waals surface area contributed by atoms with Crippen molar-refractivity contribution in [2.45, 2.75) is 84.2 Å². The van der Waals surface area contributed by atoms with Gasteiger partial charge in [-0.1, -0.05) is 79.2 Å². The quantitative estimate of drug-likeness (QED) is 0.153. The summed E-state index contributed by atoms with van der Waals surface area (Å²) in [6.45, 7) is 22.4. The van der Waals surface area contributed by atoms with E-state index >= 15 is 0 Å². The highest BCUT2D eigenvalue weighted by Crippen LogP contribution is 2.31. The van der Waals surface area contributed by atoms with Gasteiger partial charge in [-0.2, -0.15) is 0 Å². The molecule has 18 heteroatoms. The molecule has 0 saturated carbocycles. The molecule has 0 aliphatic carbocycles. The van der Waals surface area contributed by atoms with Gasteiger partial charge in [-0.25, -0.2) is 33.2 Å². The number of alkyl carbamates (subject to hydrolysis) is 1. The van der Waals surface area contributed by atoms with E-state index in [1.54, 1.807) is 51.1 Å². The molecule has 0 bridgehead atoms. The van der Waals surface area contributed by atoms with Crippen molar-refractivity contribution in [2.24, 2.45) is 5.73 Å². The predicted molar refractivity (Wildman–Crippen MR) is 259 cm³/mol. The second-order valence-corrected chi connectivity index (χ2v) is 17.1. The highest BCUT2D eigenvalue weighted by Gasteiger charge is 2.34. The van der Waals surface area contributed by atoms with E-state index < -0.39 is 36.1 Å². The molecular weight excluding hydrogens is 904 g/mol. The predicted octanol–water partition coefficient (Wildman–Crippen LogP) is 11.4. The van der Waals surface area contributed by atoms with Gasteiger partial charge in [0.15, 0.2) is 11.4 Å². The molecule has 2 aromatic heterocycles. The van der Waals surface area contributed by atoms with Crippen LogP contribution in [0.5, 0.6) is 0 Å². The number of imidazole rings is 2. The fourth-order valence-electron chi connectivity index (χ4n) is 7.51. The second-order valence-electron chi connectivity index (χ2n) is 16.2. The molecule has 0 unspecified atom stereocenters. The van der Waals surface area contributed by atoms with Crippen molar-refractivity contribution < 1.29 is 18.3 Å². The van der Waals surface area contributed by atoms with Crippen LogP contribution < -0.4 is 20.9 Å². The first kappa shape index (κ1) is 51.3. The smallest absolute Gasteiger partial charge is 0.408 e. The van der Waals surface area contributed by atoms with Gasteiger partial charge in [0.1, 0.15) is 17.9 Å². The van der Waals surface area contributed by atoms with Crippen LogP contribution in [0.2, 0.25) is 10.0 Å². The first-order chi connectivity index (χ1) is 29.2. The highest BCUT2D eigenvalue weighted by molar-refractivity contribution is 6.31. The minimum absolute atomic E-state index is 0. The maximum atomic E-state index is 14.7. The number of anilines is 2. The molecule has 0 radical (unpaired) electrons. The number of piperidine rings is 2. The first-order valence-corrected chi connectivity index (χ1v) is 20.7. The summed E-state index contributed by atoms with van der Waals surface area (Å²) in [6, 6.07) is 24.7. The van der Waals surface area contributed by atoms with Crippen LogP contribution in [0.25, 0.3) is 31.8 Å². The van der Waals surface area contributed by atoms with E-state index in [1.165, 1.54) is 0 Å². The summed E-state index contributed by atoms with van der Waals surface area (Å²) < 4.78 is 38.0. The third-order valence-corrected chi connectivity index (χ3v) is 11.0. The Hall–Kier alpha value is -5.35. The number of fused-ring (bicyclic) bond motifs is 2. The van der Waals surface area contributed by atoms with Crippen molar-refractivity contribution in [2.75, 3.05) is 36.0 Å². The van der Waals surface area contributed by atoms with Crippen molar-refractivity contribution in [1.29, 1.82) is 0 Å². The van der Waals surface area contributed by atoms with Gasteiger partial charge in [-0.15, -0.1) is 24.8 Å². The average molecular weight is 957 g/mol.